The van der Waals surface area contributed by atoms with Crippen LogP contribution < -0.4 is 9.80 Å². The number of para-hydroxylation sites is 4. The monoisotopic (exact) mass is 498 g/mol. The van der Waals surface area contributed by atoms with Gasteiger partial charge in [-0.15, -0.1) is 0 Å². The van der Waals surface area contributed by atoms with Crippen LogP contribution in [0.1, 0.15) is 27.8 Å². The first kappa shape index (κ1) is 22.2. The molecule has 6 heteroatoms. The van der Waals surface area contributed by atoms with Crippen molar-refractivity contribution in [3.63, 3.8) is 0 Å². The normalized spacial score (nSPS) is 13.2. The maximum Gasteiger partial charge on any atom is 0.240 e. The van der Waals surface area contributed by atoms with E-state index in [1.807, 2.05) is 103 Å². The molecule has 3 heterocycles. The SMILES string of the molecule is N#Cc1c(F)c(N2c3ccccc3Cc3ccccc32)nc(F)c1N1c2ccccc2Cc2ccccc21. The first-order valence-corrected chi connectivity index (χ1v) is 12.4. The Morgan fingerprint density at radius 3 is 1.42 bits per heavy atom. The van der Waals surface area contributed by atoms with Crippen LogP contribution in [0.25, 0.3) is 0 Å². The molecule has 0 saturated heterocycles. The minimum atomic E-state index is -0.912. The molecular weight excluding hydrogens is 478 g/mol. The average molecular weight is 499 g/mol. The molecule has 0 radical (unpaired) electrons. The van der Waals surface area contributed by atoms with Crippen molar-refractivity contribution in [3.8, 4) is 6.07 Å². The van der Waals surface area contributed by atoms with Gasteiger partial charge < -0.3 is 4.90 Å². The number of nitriles is 1. The Labute approximate surface area is 218 Å². The quantitative estimate of drug-likeness (QED) is 0.227. The summed E-state index contributed by atoms with van der Waals surface area (Å²) in [7, 11) is 0. The van der Waals surface area contributed by atoms with Crippen molar-refractivity contribution >= 4 is 34.3 Å². The minimum Gasteiger partial charge on any atom is -0.305 e. The molecule has 0 amide bonds. The van der Waals surface area contributed by atoms with Gasteiger partial charge in [0.1, 0.15) is 17.3 Å². The highest BCUT2D eigenvalue weighted by atomic mass is 19.1. The van der Waals surface area contributed by atoms with Gasteiger partial charge in [0.25, 0.3) is 0 Å². The Kier molecular flexibility index (Phi) is 4.98. The number of rotatable bonds is 2. The third-order valence-electron chi connectivity index (χ3n) is 7.29. The molecule has 0 spiro atoms. The lowest BCUT2D eigenvalue weighted by Crippen LogP contribution is -2.24. The molecule has 0 fully saturated rings. The zero-order valence-corrected chi connectivity index (χ0v) is 20.2. The van der Waals surface area contributed by atoms with Crippen molar-refractivity contribution in [2.24, 2.45) is 0 Å². The van der Waals surface area contributed by atoms with Gasteiger partial charge in [-0.2, -0.15) is 14.6 Å². The molecular formula is C32H20F2N4. The molecule has 4 aromatic carbocycles. The summed E-state index contributed by atoms with van der Waals surface area (Å²) in [4.78, 5) is 7.46. The van der Waals surface area contributed by atoms with Gasteiger partial charge in [0.15, 0.2) is 11.6 Å². The molecule has 182 valence electrons. The summed E-state index contributed by atoms with van der Waals surface area (Å²) < 4.78 is 32.7. The van der Waals surface area contributed by atoms with Gasteiger partial charge in [-0.25, -0.2) is 4.39 Å². The zero-order valence-electron chi connectivity index (χ0n) is 20.2. The minimum absolute atomic E-state index is 0.188. The number of benzene rings is 4. The van der Waals surface area contributed by atoms with E-state index in [9.17, 15) is 5.26 Å². The van der Waals surface area contributed by atoms with E-state index >= 15 is 8.78 Å². The van der Waals surface area contributed by atoms with Gasteiger partial charge in [-0.05, 0) is 46.5 Å². The second kappa shape index (κ2) is 8.53. The summed E-state index contributed by atoms with van der Waals surface area (Å²) in [6.07, 6.45) is 1.32. The molecule has 4 nitrogen and oxygen atoms in total. The average Bonchev–Trinajstić information content (AvgIpc) is 2.96. The van der Waals surface area contributed by atoms with Gasteiger partial charge in [0.2, 0.25) is 5.95 Å². The number of anilines is 6. The van der Waals surface area contributed by atoms with Crippen LogP contribution in [-0.2, 0) is 12.8 Å². The van der Waals surface area contributed by atoms with Crippen molar-refractivity contribution in [3.05, 3.63) is 137 Å². The van der Waals surface area contributed by atoms with Crippen LogP contribution in [0.3, 0.4) is 0 Å². The van der Waals surface area contributed by atoms with Gasteiger partial charge in [-0.3, -0.25) is 4.90 Å². The van der Waals surface area contributed by atoms with E-state index in [0.29, 0.717) is 35.6 Å². The lowest BCUT2D eigenvalue weighted by molar-refractivity contribution is 0.560. The predicted molar refractivity (Wildman–Crippen MR) is 144 cm³/mol. The Hall–Kier alpha value is -5.02. The lowest BCUT2D eigenvalue weighted by atomic mass is 9.94. The van der Waals surface area contributed by atoms with Crippen molar-refractivity contribution in [1.82, 2.24) is 4.98 Å². The molecule has 0 bridgehead atoms. The van der Waals surface area contributed by atoms with E-state index in [-0.39, 0.29) is 17.1 Å². The van der Waals surface area contributed by atoms with E-state index in [2.05, 4.69) is 4.98 Å². The van der Waals surface area contributed by atoms with Crippen molar-refractivity contribution < 1.29 is 8.78 Å². The molecule has 7 rings (SSSR count). The highest BCUT2D eigenvalue weighted by Gasteiger charge is 2.34. The summed E-state index contributed by atoms with van der Waals surface area (Å²) >= 11 is 0. The first-order chi connectivity index (χ1) is 18.7. The number of hydrogen-bond donors (Lipinski definition) is 0. The summed E-state index contributed by atoms with van der Waals surface area (Å²) in [5.41, 5.74) is 6.09. The fourth-order valence-corrected chi connectivity index (χ4v) is 5.62. The van der Waals surface area contributed by atoms with Crippen LogP contribution in [0.5, 0.6) is 0 Å². The lowest BCUT2D eigenvalue weighted by Gasteiger charge is -2.35. The number of nitrogens with zero attached hydrogens (tertiary/aromatic N) is 4. The number of pyridine rings is 1. The van der Waals surface area contributed by atoms with Gasteiger partial charge >= 0.3 is 0 Å². The second-order valence-electron chi connectivity index (χ2n) is 9.41. The molecule has 0 saturated carbocycles. The smallest absolute Gasteiger partial charge is 0.240 e. The fraction of sp³-hybridized carbons (Fsp3) is 0.0625. The van der Waals surface area contributed by atoms with Crippen molar-refractivity contribution in [2.75, 3.05) is 9.80 Å². The summed E-state index contributed by atoms with van der Waals surface area (Å²) in [6.45, 7) is 0. The largest absolute Gasteiger partial charge is 0.305 e. The van der Waals surface area contributed by atoms with E-state index < -0.39 is 11.8 Å². The van der Waals surface area contributed by atoms with Crippen LogP contribution in [-0.4, -0.2) is 4.98 Å². The molecule has 0 N–H and O–H groups in total. The molecule has 0 unspecified atom stereocenters. The Bertz CT molecular complexity index is 1700. The topological polar surface area (TPSA) is 43.2 Å². The van der Waals surface area contributed by atoms with Gasteiger partial charge in [0.05, 0.1) is 11.4 Å². The second-order valence-corrected chi connectivity index (χ2v) is 9.41. The van der Waals surface area contributed by atoms with Crippen molar-refractivity contribution in [2.45, 2.75) is 12.8 Å². The number of halogens is 2. The third kappa shape index (κ3) is 3.22. The maximum atomic E-state index is 16.5. The number of aromatic nitrogens is 1. The van der Waals surface area contributed by atoms with Crippen LogP contribution in [0.4, 0.5) is 43.0 Å². The summed E-state index contributed by atoms with van der Waals surface area (Å²) in [5, 5.41) is 10.2. The fourth-order valence-electron chi connectivity index (χ4n) is 5.62. The Morgan fingerprint density at radius 2 is 1.00 bits per heavy atom. The number of fused-ring (bicyclic) bond motifs is 4. The maximum absolute atomic E-state index is 16.5. The zero-order chi connectivity index (χ0) is 25.8. The van der Waals surface area contributed by atoms with Gasteiger partial charge in [0, 0.05) is 24.2 Å². The van der Waals surface area contributed by atoms with Gasteiger partial charge in [-0.1, -0.05) is 72.8 Å². The highest BCUT2D eigenvalue weighted by molar-refractivity contribution is 5.88. The van der Waals surface area contributed by atoms with Crippen LogP contribution in [0.15, 0.2) is 97.1 Å². The van der Waals surface area contributed by atoms with E-state index in [4.69, 9.17) is 0 Å². The van der Waals surface area contributed by atoms with E-state index in [0.717, 1.165) is 22.3 Å². The molecule has 2 aliphatic rings. The van der Waals surface area contributed by atoms with E-state index in [1.165, 1.54) is 0 Å². The summed E-state index contributed by atoms with van der Waals surface area (Å²) in [6, 6.07) is 32.3. The third-order valence-corrected chi connectivity index (χ3v) is 7.29. The van der Waals surface area contributed by atoms with E-state index in [1.54, 1.807) is 9.80 Å². The molecule has 1 aromatic heterocycles. The molecule has 0 aliphatic carbocycles. The molecule has 2 aliphatic heterocycles. The van der Waals surface area contributed by atoms with Crippen molar-refractivity contribution in [1.29, 1.82) is 5.26 Å². The molecule has 38 heavy (non-hydrogen) atoms. The van der Waals surface area contributed by atoms with Crippen LogP contribution in [0.2, 0.25) is 0 Å². The highest BCUT2D eigenvalue weighted by Crippen LogP contribution is 2.49. The first-order valence-electron chi connectivity index (χ1n) is 12.4. The number of hydrogen-bond acceptors (Lipinski definition) is 4. The molecule has 0 atom stereocenters. The Morgan fingerprint density at radius 1 is 0.605 bits per heavy atom. The van der Waals surface area contributed by atoms with Crippen LogP contribution >= 0.6 is 0 Å². The summed E-state index contributed by atoms with van der Waals surface area (Å²) in [5.74, 6) is -2.01. The predicted octanol–water partition coefficient (Wildman–Crippen LogP) is 7.98. The van der Waals surface area contributed by atoms with Crippen LogP contribution in [0, 0.1) is 23.1 Å². The molecule has 5 aromatic rings. The Balaban J connectivity index is 1.49. The standard InChI is InChI=1S/C32H20F2N4/c33-29-24(19-35)30(37-25-13-5-1-9-20(25)17-21-10-2-6-14-26(21)37)31(34)36-32(29)38-27-15-7-3-11-22(27)18-23-12-4-8-16-28(23)38/h1-16H,17-18H2.